The van der Waals surface area contributed by atoms with Crippen molar-refractivity contribution in [2.45, 2.75) is 213 Å². The second-order valence-electron chi connectivity index (χ2n) is 18.3. The van der Waals surface area contributed by atoms with Crippen LogP contribution in [0.5, 0.6) is 0 Å². The quantitative estimate of drug-likeness (QED) is 0.0197. The van der Waals surface area contributed by atoms with Gasteiger partial charge in [-0.1, -0.05) is 212 Å². The van der Waals surface area contributed by atoms with Crippen LogP contribution in [0, 0.1) is 0 Å². The van der Waals surface area contributed by atoms with E-state index in [1.165, 1.54) is 32.1 Å². The minimum atomic E-state index is -4.80. The number of rotatable bonds is 51. The largest absolute Gasteiger partial charge is 0.472 e. The number of phosphoric acid groups is 1. The van der Waals surface area contributed by atoms with Crippen molar-refractivity contribution in [1.82, 2.24) is 0 Å². The van der Waals surface area contributed by atoms with Crippen LogP contribution in [0.1, 0.15) is 201 Å². The van der Waals surface area contributed by atoms with Gasteiger partial charge >= 0.3 is 25.7 Å². The van der Waals surface area contributed by atoms with Gasteiger partial charge in [-0.15, -0.1) is 0 Å². The van der Waals surface area contributed by atoms with Gasteiger partial charge in [0.2, 0.25) is 0 Å². The van der Waals surface area contributed by atoms with Gasteiger partial charge in [-0.25, -0.2) is 4.57 Å². The van der Waals surface area contributed by atoms with Gasteiger partial charge in [0.05, 0.1) is 26.2 Å². The van der Waals surface area contributed by atoms with Crippen LogP contribution in [0.4, 0.5) is 0 Å². The molecule has 3 atom stereocenters. The molecule has 0 heterocycles. The maximum atomic E-state index is 12.9. The molecule has 0 fully saturated rings. The lowest BCUT2D eigenvalue weighted by atomic mass is 10.1. The van der Waals surface area contributed by atoms with Crippen molar-refractivity contribution in [2.75, 3.05) is 26.4 Å². The van der Waals surface area contributed by atoms with Crippen LogP contribution in [0.15, 0.2) is 146 Å². The average molecular weight is 1080 g/mol. The lowest BCUT2D eigenvalue weighted by Crippen LogP contribution is -2.30. The second-order valence-corrected chi connectivity index (χ2v) is 19.8. The molecule has 0 spiro atoms. The zero-order valence-electron chi connectivity index (χ0n) is 47.2. The van der Waals surface area contributed by atoms with Crippen molar-refractivity contribution in [3.05, 3.63) is 146 Å². The Hall–Kier alpha value is -4.64. The molecule has 0 aromatic carbocycles. The molecule has 0 bridgehead atoms. The smallest absolute Gasteiger partial charge is 0.462 e. The molecule has 0 saturated heterocycles. The molecule has 0 aliphatic carbocycles. The Labute approximate surface area is 461 Å². The molecule has 2 N–H and O–H groups in total. The molecule has 428 valence electrons. The van der Waals surface area contributed by atoms with Crippen LogP contribution in [0.2, 0.25) is 0 Å². The third kappa shape index (κ3) is 54.2. The fourth-order valence-corrected chi connectivity index (χ4v) is 7.75. The van der Waals surface area contributed by atoms with Gasteiger partial charge < -0.3 is 24.2 Å². The van der Waals surface area contributed by atoms with Crippen LogP contribution in [-0.2, 0) is 42.2 Å². The summed E-state index contributed by atoms with van der Waals surface area (Å²) in [6.07, 6.45) is 72.7. The standard InChI is InChI=1S/C64H101O11P/c1-4-7-10-13-16-19-22-25-28-30-33-35-38-41-44-47-50-53-62(66)71-57-61(75-64(68)55-52-49-46-43-40-37-34-31-29-26-23-20-17-14-11-8-5-2)59-73-76(69,70)72-58-60(56-65)74-63(67)54-51-48-45-42-39-36-32-27-24-21-18-15-12-9-6-3/h7,9-10,12,16-21,25-29,32-33,35,39,41-42,44,48,51,60-61,65H,4-6,8,11,13-15,22-24,30-31,34,36-38,40,43,45-47,49-50,52-59H2,1-3H3,(H,69,70)/b10-7-,12-9-,19-16-,20-17-,21-18-,28-25-,29-26-,32-27-,35-33-,42-39-,44-41-,51-48-. The summed E-state index contributed by atoms with van der Waals surface area (Å²) in [4.78, 5) is 48.5. The number of hydrogen-bond donors (Lipinski definition) is 2. The van der Waals surface area contributed by atoms with Crippen molar-refractivity contribution < 1.29 is 52.2 Å². The fraction of sp³-hybridized carbons (Fsp3) is 0.578. The number of ether oxygens (including phenoxy) is 3. The van der Waals surface area contributed by atoms with E-state index in [0.29, 0.717) is 25.7 Å². The highest BCUT2D eigenvalue weighted by molar-refractivity contribution is 7.47. The number of allylic oxidation sites excluding steroid dienone is 23. The highest BCUT2D eigenvalue weighted by atomic mass is 31.2. The van der Waals surface area contributed by atoms with Gasteiger partial charge in [0.25, 0.3) is 0 Å². The third-order valence-corrected chi connectivity index (χ3v) is 12.2. The van der Waals surface area contributed by atoms with Gasteiger partial charge in [-0.3, -0.25) is 23.4 Å². The average Bonchev–Trinajstić information content (AvgIpc) is 3.41. The molecule has 0 aliphatic heterocycles. The summed E-state index contributed by atoms with van der Waals surface area (Å²) < 4.78 is 39.3. The first-order valence-electron chi connectivity index (χ1n) is 28.7. The third-order valence-electron chi connectivity index (χ3n) is 11.3. The summed E-state index contributed by atoms with van der Waals surface area (Å²) in [5, 5.41) is 9.79. The van der Waals surface area contributed by atoms with E-state index in [2.05, 4.69) is 136 Å². The first kappa shape index (κ1) is 71.4. The van der Waals surface area contributed by atoms with Gasteiger partial charge in [0.1, 0.15) is 12.7 Å². The number of aliphatic hydroxyl groups excluding tert-OH is 1. The van der Waals surface area contributed by atoms with E-state index in [0.717, 1.165) is 103 Å². The zero-order chi connectivity index (χ0) is 55.5. The molecule has 0 saturated carbocycles. The van der Waals surface area contributed by atoms with Gasteiger partial charge in [0, 0.05) is 12.8 Å². The highest BCUT2D eigenvalue weighted by Gasteiger charge is 2.28. The molecule has 0 radical (unpaired) electrons. The van der Waals surface area contributed by atoms with E-state index in [1.807, 2.05) is 24.3 Å². The predicted molar refractivity (Wildman–Crippen MR) is 316 cm³/mol. The zero-order valence-corrected chi connectivity index (χ0v) is 48.0. The number of carbonyl (C=O) groups excluding carboxylic acids is 3. The van der Waals surface area contributed by atoms with Crippen LogP contribution in [0.3, 0.4) is 0 Å². The molecule has 0 rings (SSSR count). The van der Waals surface area contributed by atoms with E-state index in [1.54, 1.807) is 6.08 Å². The topological polar surface area (TPSA) is 155 Å². The van der Waals surface area contributed by atoms with E-state index in [4.69, 9.17) is 23.3 Å². The second kappa shape index (κ2) is 56.6. The summed E-state index contributed by atoms with van der Waals surface area (Å²) >= 11 is 0. The lowest BCUT2D eigenvalue weighted by Gasteiger charge is -2.21. The van der Waals surface area contributed by atoms with Crippen LogP contribution in [-0.4, -0.2) is 66.5 Å². The van der Waals surface area contributed by atoms with Crippen LogP contribution < -0.4 is 0 Å². The monoisotopic (exact) mass is 1080 g/mol. The molecule has 0 aromatic rings. The summed E-state index contributed by atoms with van der Waals surface area (Å²) in [5.74, 6) is -1.70. The highest BCUT2D eigenvalue weighted by Crippen LogP contribution is 2.43. The summed E-state index contributed by atoms with van der Waals surface area (Å²) in [7, 11) is -4.80. The van der Waals surface area contributed by atoms with Crippen molar-refractivity contribution in [3.8, 4) is 0 Å². The van der Waals surface area contributed by atoms with E-state index >= 15 is 0 Å². The number of esters is 3. The minimum Gasteiger partial charge on any atom is -0.462 e. The number of aliphatic hydroxyl groups is 1. The summed E-state index contributed by atoms with van der Waals surface area (Å²) in [6.45, 7) is 4.18. The first-order valence-corrected chi connectivity index (χ1v) is 30.2. The number of unbranched alkanes of at least 4 members (excludes halogenated alkanes) is 11. The number of carbonyl (C=O) groups is 3. The van der Waals surface area contributed by atoms with Crippen molar-refractivity contribution in [3.63, 3.8) is 0 Å². The van der Waals surface area contributed by atoms with E-state index in [9.17, 15) is 28.9 Å². The molecule has 76 heavy (non-hydrogen) atoms. The molecular formula is C64H101O11P. The molecule has 0 aromatic heterocycles. The Kier molecular flexibility index (Phi) is 53.1. The van der Waals surface area contributed by atoms with E-state index in [-0.39, 0.29) is 25.9 Å². The minimum absolute atomic E-state index is 0.0671. The predicted octanol–water partition coefficient (Wildman–Crippen LogP) is 17.1. The van der Waals surface area contributed by atoms with Gasteiger partial charge in [-0.05, 0) is 116 Å². The Morgan fingerprint density at radius 2 is 0.750 bits per heavy atom. The molecule has 11 nitrogen and oxygen atoms in total. The SMILES string of the molecule is CC/C=C\C/C=C\C/C=C\C/C=C\C/C=C\CCCC(=O)OCC(COP(=O)(O)OCC(CO)OC(=O)C/C=C\C/C=C\C/C=C\C/C=C\C/C=C\CC)OC(=O)CCCCCCCCC/C=C\C/C=C\CCCCC. The van der Waals surface area contributed by atoms with E-state index < -0.39 is 57.8 Å². The first-order chi connectivity index (χ1) is 37.2. The molecule has 12 heteroatoms. The van der Waals surface area contributed by atoms with Crippen molar-refractivity contribution in [1.29, 1.82) is 0 Å². The molecule has 0 amide bonds. The summed E-state index contributed by atoms with van der Waals surface area (Å²) in [6, 6.07) is 0. The van der Waals surface area contributed by atoms with Crippen molar-refractivity contribution in [2.24, 2.45) is 0 Å². The number of phosphoric ester groups is 1. The maximum Gasteiger partial charge on any atom is 0.472 e. The lowest BCUT2D eigenvalue weighted by molar-refractivity contribution is -0.161. The Morgan fingerprint density at radius 3 is 1.20 bits per heavy atom. The molecule has 3 unspecified atom stereocenters. The van der Waals surface area contributed by atoms with Crippen LogP contribution >= 0.6 is 7.82 Å². The van der Waals surface area contributed by atoms with Gasteiger partial charge in [0.15, 0.2) is 6.10 Å². The molecular weight excluding hydrogens is 976 g/mol. The fourth-order valence-electron chi connectivity index (χ4n) is 6.97. The Balaban J connectivity index is 4.93. The normalized spacial score (nSPS) is 14.4. The maximum absolute atomic E-state index is 12.9. The van der Waals surface area contributed by atoms with Gasteiger partial charge in [-0.2, -0.15) is 0 Å². The van der Waals surface area contributed by atoms with Crippen molar-refractivity contribution >= 4 is 25.7 Å². The Morgan fingerprint density at radius 1 is 0.395 bits per heavy atom. The molecule has 0 aliphatic rings. The Bertz CT molecular complexity index is 1830. The summed E-state index contributed by atoms with van der Waals surface area (Å²) in [5.41, 5.74) is 0. The number of hydrogen-bond acceptors (Lipinski definition) is 10. The van der Waals surface area contributed by atoms with Crippen LogP contribution in [0.25, 0.3) is 0 Å².